The molecular weight excluding hydrogens is 340 g/mol. The molecule has 4 heteroatoms. The summed E-state index contributed by atoms with van der Waals surface area (Å²) in [7, 11) is 0. The van der Waals surface area contributed by atoms with Crippen LogP contribution in [0.5, 0.6) is 0 Å². The molecule has 2 aliphatic rings. The van der Waals surface area contributed by atoms with Gasteiger partial charge in [0.1, 0.15) is 6.10 Å². The second-order valence-electron chi connectivity index (χ2n) is 6.75. The van der Waals surface area contributed by atoms with Crippen molar-refractivity contribution in [3.8, 4) is 0 Å². The summed E-state index contributed by atoms with van der Waals surface area (Å²) in [4.78, 5) is 12.1. The van der Waals surface area contributed by atoms with E-state index in [0.717, 1.165) is 11.1 Å². The maximum Gasteiger partial charge on any atom is 0.331 e. The van der Waals surface area contributed by atoms with Crippen molar-refractivity contribution in [1.82, 2.24) is 0 Å². The molecule has 4 rings (SSSR count). The Morgan fingerprint density at radius 2 is 1.48 bits per heavy atom. The molecule has 0 saturated carbocycles. The number of carbonyl (C=O) groups is 1. The first kappa shape index (κ1) is 17.7. The van der Waals surface area contributed by atoms with Crippen LogP contribution in [0.2, 0.25) is 0 Å². The van der Waals surface area contributed by atoms with Gasteiger partial charge in [0.25, 0.3) is 0 Å². The quantitative estimate of drug-likeness (QED) is 0.600. The lowest BCUT2D eigenvalue weighted by atomic mass is 9.99. The van der Waals surface area contributed by atoms with Crippen LogP contribution < -0.4 is 0 Å². The van der Waals surface area contributed by atoms with Crippen LogP contribution in [0.1, 0.15) is 11.1 Å². The lowest BCUT2D eigenvalue weighted by molar-refractivity contribution is -0.147. The molecule has 2 aromatic carbocycles. The molecule has 0 unspecified atom stereocenters. The number of fused-ring (bicyclic) bond motifs is 1. The standard InChI is InChI=1S/C23H22O4/c24-21(14-12-18-9-5-2-6-10-18)27-20-16-26-22-19(15-25-23(20)22)13-11-17-7-3-1-4-8-17/h1-14,19-20,22-23H,15-16H2/b13-11?,14-12+/t19-,20+,22+,23+/m0/s1. The summed E-state index contributed by atoms with van der Waals surface area (Å²) in [6.45, 7) is 0.947. The topological polar surface area (TPSA) is 44.8 Å². The Labute approximate surface area is 159 Å². The predicted molar refractivity (Wildman–Crippen MR) is 104 cm³/mol. The summed E-state index contributed by atoms with van der Waals surface area (Å²) in [5.74, 6) is -0.209. The largest absolute Gasteiger partial charge is 0.454 e. The molecule has 0 amide bonds. The first-order chi connectivity index (χ1) is 13.3. The van der Waals surface area contributed by atoms with Gasteiger partial charge in [-0.15, -0.1) is 0 Å². The van der Waals surface area contributed by atoms with E-state index in [1.54, 1.807) is 6.08 Å². The van der Waals surface area contributed by atoms with Crippen LogP contribution in [0.4, 0.5) is 0 Å². The molecule has 0 radical (unpaired) electrons. The molecule has 2 heterocycles. The number of hydrogen-bond donors (Lipinski definition) is 0. The minimum absolute atomic E-state index is 0.0686. The third-order valence-electron chi connectivity index (χ3n) is 4.86. The lowest BCUT2D eigenvalue weighted by Crippen LogP contribution is -2.32. The number of ether oxygens (including phenoxy) is 3. The van der Waals surface area contributed by atoms with Crippen molar-refractivity contribution in [2.75, 3.05) is 13.2 Å². The summed E-state index contributed by atoms with van der Waals surface area (Å²) in [6, 6.07) is 19.8. The second kappa shape index (κ2) is 8.33. The van der Waals surface area contributed by atoms with Crippen molar-refractivity contribution in [1.29, 1.82) is 0 Å². The first-order valence-corrected chi connectivity index (χ1v) is 9.20. The average Bonchev–Trinajstić information content (AvgIpc) is 3.29. The maximum absolute atomic E-state index is 12.1. The summed E-state index contributed by atoms with van der Waals surface area (Å²) >= 11 is 0. The van der Waals surface area contributed by atoms with E-state index in [1.165, 1.54) is 6.08 Å². The van der Waals surface area contributed by atoms with E-state index in [0.29, 0.717) is 13.2 Å². The smallest absolute Gasteiger partial charge is 0.331 e. The van der Waals surface area contributed by atoms with Crippen molar-refractivity contribution in [2.24, 2.45) is 5.92 Å². The zero-order valence-corrected chi connectivity index (χ0v) is 14.9. The highest BCUT2D eigenvalue weighted by Crippen LogP contribution is 2.33. The SMILES string of the molecule is O=C(/C=C/c1ccccc1)O[C@@H]1CO[C@H]2[C@@H]1OC[C@@H]2C=Cc1ccccc1. The van der Waals surface area contributed by atoms with Crippen molar-refractivity contribution < 1.29 is 19.0 Å². The predicted octanol–water partition coefficient (Wildman–Crippen LogP) is 3.74. The normalized spacial score (nSPS) is 27.3. The number of carbonyl (C=O) groups excluding carboxylic acids is 1. The Morgan fingerprint density at radius 3 is 2.19 bits per heavy atom. The van der Waals surface area contributed by atoms with Gasteiger partial charge < -0.3 is 14.2 Å². The Bertz CT molecular complexity index is 813. The van der Waals surface area contributed by atoms with Gasteiger partial charge in [-0.3, -0.25) is 0 Å². The fourth-order valence-corrected chi connectivity index (χ4v) is 3.48. The van der Waals surface area contributed by atoms with E-state index in [1.807, 2.05) is 48.5 Å². The summed E-state index contributed by atoms with van der Waals surface area (Å²) in [5.41, 5.74) is 2.10. The van der Waals surface area contributed by atoms with Crippen LogP contribution in [0.25, 0.3) is 12.2 Å². The van der Waals surface area contributed by atoms with E-state index in [-0.39, 0.29) is 30.2 Å². The highest BCUT2D eigenvalue weighted by Gasteiger charge is 2.48. The molecule has 2 aliphatic heterocycles. The molecule has 0 spiro atoms. The Hall–Kier alpha value is -2.69. The molecule has 0 bridgehead atoms. The fourth-order valence-electron chi connectivity index (χ4n) is 3.48. The molecule has 27 heavy (non-hydrogen) atoms. The monoisotopic (exact) mass is 362 g/mol. The van der Waals surface area contributed by atoms with Gasteiger partial charge >= 0.3 is 5.97 Å². The third kappa shape index (κ3) is 4.35. The maximum atomic E-state index is 12.1. The van der Waals surface area contributed by atoms with Gasteiger partial charge in [-0.2, -0.15) is 0 Å². The van der Waals surface area contributed by atoms with Crippen molar-refractivity contribution in [3.63, 3.8) is 0 Å². The third-order valence-corrected chi connectivity index (χ3v) is 4.86. The van der Waals surface area contributed by atoms with Gasteiger partial charge in [0.2, 0.25) is 0 Å². The number of hydrogen-bond acceptors (Lipinski definition) is 4. The zero-order valence-electron chi connectivity index (χ0n) is 14.9. The van der Waals surface area contributed by atoms with Crippen LogP contribution >= 0.6 is 0 Å². The Kier molecular flexibility index (Phi) is 5.47. The van der Waals surface area contributed by atoms with Crippen molar-refractivity contribution >= 4 is 18.1 Å². The van der Waals surface area contributed by atoms with Crippen LogP contribution in [-0.4, -0.2) is 37.5 Å². The summed E-state index contributed by atoms with van der Waals surface area (Å²) in [6.07, 6.45) is 6.77. The molecular formula is C23H22O4. The molecule has 2 saturated heterocycles. The van der Waals surface area contributed by atoms with Gasteiger partial charge in [-0.25, -0.2) is 4.79 Å². The van der Waals surface area contributed by atoms with Crippen molar-refractivity contribution in [2.45, 2.75) is 18.3 Å². The zero-order chi connectivity index (χ0) is 18.5. The summed E-state index contributed by atoms with van der Waals surface area (Å²) < 4.78 is 17.3. The van der Waals surface area contributed by atoms with Crippen LogP contribution in [0.3, 0.4) is 0 Å². The fraction of sp³-hybridized carbons (Fsp3) is 0.261. The molecule has 0 aliphatic carbocycles. The average molecular weight is 362 g/mol. The first-order valence-electron chi connectivity index (χ1n) is 9.20. The second-order valence-corrected chi connectivity index (χ2v) is 6.75. The van der Waals surface area contributed by atoms with Gasteiger partial charge in [0, 0.05) is 12.0 Å². The lowest BCUT2D eigenvalue weighted by Gasteiger charge is -2.15. The van der Waals surface area contributed by atoms with E-state index in [2.05, 4.69) is 24.3 Å². The van der Waals surface area contributed by atoms with E-state index >= 15 is 0 Å². The summed E-state index contributed by atoms with van der Waals surface area (Å²) in [5, 5.41) is 0. The van der Waals surface area contributed by atoms with Gasteiger partial charge in [0.05, 0.1) is 19.3 Å². The van der Waals surface area contributed by atoms with E-state index < -0.39 is 0 Å². The molecule has 4 nitrogen and oxygen atoms in total. The minimum atomic E-state index is -0.375. The molecule has 2 aromatic rings. The molecule has 0 N–H and O–H groups in total. The Morgan fingerprint density at radius 1 is 0.852 bits per heavy atom. The molecule has 2 fully saturated rings. The minimum Gasteiger partial charge on any atom is -0.454 e. The molecule has 0 aromatic heterocycles. The van der Waals surface area contributed by atoms with Gasteiger partial charge in [-0.05, 0) is 17.2 Å². The molecule has 138 valence electrons. The van der Waals surface area contributed by atoms with Crippen LogP contribution in [0.15, 0.2) is 72.8 Å². The molecule has 4 atom stereocenters. The van der Waals surface area contributed by atoms with E-state index in [4.69, 9.17) is 14.2 Å². The highest BCUT2D eigenvalue weighted by atomic mass is 16.6. The van der Waals surface area contributed by atoms with Crippen LogP contribution in [-0.2, 0) is 19.0 Å². The number of benzene rings is 2. The van der Waals surface area contributed by atoms with Gasteiger partial charge in [-0.1, -0.05) is 72.8 Å². The van der Waals surface area contributed by atoms with Gasteiger partial charge in [0.15, 0.2) is 6.10 Å². The Balaban J connectivity index is 1.33. The van der Waals surface area contributed by atoms with E-state index in [9.17, 15) is 4.79 Å². The van der Waals surface area contributed by atoms with Crippen molar-refractivity contribution in [3.05, 3.63) is 83.9 Å². The number of esters is 1. The highest BCUT2D eigenvalue weighted by molar-refractivity contribution is 5.87. The number of rotatable bonds is 5. The van der Waals surface area contributed by atoms with Crippen LogP contribution in [0, 0.1) is 5.92 Å².